The highest BCUT2D eigenvalue weighted by atomic mass is 16.4. The Morgan fingerprint density at radius 2 is 1.54 bits per heavy atom. The second-order valence-corrected chi connectivity index (χ2v) is 5.60. The number of furan rings is 2. The van der Waals surface area contributed by atoms with E-state index in [1.165, 1.54) is 0 Å². The predicted octanol–water partition coefficient (Wildman–Crippen LogP) is 5.83. The maximum absolute atomic E-state index is 9.77. The molecular formula is C22H14N2O2. The van der Waals surface area contributed by atoms with Crippen molar-refractivity contribution in [2.24, 2.45) is 4.99 Å². The summed E-state index contributed by atoms with van der Waals surface area (Å²) in [6, 6.07) is 25.2. The van der Waals surface area contributed by atoms with Crippen molar-refractivity contribution in [3.63, 3.8) is 0 Å². The van der Waals surface area contributed by atoms with Crippen LogP contribution < -0.4 is 0 Å². The van der Waals surface area contributed by atoms with Gasteiger partial charge in [0.25, 0.3) is 0 Å². The topological polar surface area (TPSA) is 62.4 Å². The van der Waals surface area contributed by atoms with E-state index in [4.69, 9.17) is 8.83 Å². The summed E-state index contributed by atoms with van der Waals surface area (Å²) < 4.78 is 11.3. The van der Waals surface area contributed by atoms with E-state index in [0.717, 1.165) is 16.7 Å². The summed E-state index contributed by atoms with van der Waals surface area (Å²) in [7, 11) is 0. The lowest BCUT2D eigenvalue weighted by atomic mass is 9.98. The highest BCUT2D eigenvalue weighted by molar-refractivity contribution is 5.89. The zero-order valence-electron chi connectivity index (χ0n) is 13.8. The standard InChI is InChI=1S/C22H14N2O2/c23-14-19-20(16-8-3-1-4-9-16)21(17-10-5-2-6-11-17)26-22(19)24-15-18-12-7-13-25-18/h1-13,15H. The molecule has 0 saturated carbocycles. The Morgan fingerprint density at radius 3 is 2.15 bits per heavy atom. The van der Waals surface area contributed by atoms with Crippen LogP contribution in [-0.2, 0) is 0 Å². The number of nitrogens with zero attached hydrogens (tertiary/aromatic N) is 2. The van der Waals surface area contributed by atoms with Crippen molar-refractivity contribution in [1.29, 1.82) is 5.26 Å². The van der Waals surface area contributed by atoms with Crippen molar-refractivity contribution in [3.8, 4) is 28.5 Å². The van der Waals surface area contributed by atoms with E-state index in [1.54, 1.807) is 24.6 Å². The van der Waals surface area contributed by atoms with Crippen LogP contribution in [0.4, 0.5) is 5.88 Å². The van der Waals surface area contributed by atoms with Gasteiger partial charge in [0, 0.05) is 11.1 Å². The van der Waals surface area contributed by atoms with Crippen LogP contribution in [0.5, 0.6) is 0 Å². The van der Waals surface area contributed by atoms with Gasteiger partial charge in [-0.15, -0.1) is 0 Å². The molecule has 0 radical (unpaired) electrons. The first kappa shape index (κ1) is 15.7. The Morgan fingerprint density at radius 1 is 0.846 bits per heavy atom. The Kier molecular flexibility index (Phi) is 4.19. The molecule has 0 spiro atoms. The molecule has 4 aromatic rings. The molecule has 2 heterocycles. The molecule has 2 aromatic carbocycles. The molecule has 0 fully saturated rings. The van der Waals surface area contributed by atoms with Crippen LogP contribution in [0.2, 0.25) is 0 Å². The van der Waals surface area contributed by atoms with Crippen molar-refractivity contribution in [2.45, 2.75) is 0 Å². The SMILES string of the molecule is N#Cc1c(N=Cc2ccco2)oc(-c2ccccc2)c1-c1ccccc1. The molecule has 0 aliphatic rings. The van der Waals surface area contributed by atoms with Gasteiger partial charge < -0.3 is 8.83 Å². The van der Waals surface area contributed by atoms with E-state index in [0.29, 0.717) is 17.1 Å². The fourth-order valence-electron chi connectivity index (χ4n) is 2.77. The zero-order chi connectivity index (χ0) is 17.8. The summed E-state index contributed by atoms with van der Waals surface area (Å²) in [6.45, 7) is 0. The molecule has 0 aliphatic heterocycles. The second-order valence-electron chi connectivity index (χ2n) is 5.60. The Hall–Kier alpha value is -3.84. The van der Waals surface area contributed by atoms with Crippen molar-refractivity contribution in [2.75, 3.05) is 0 Å². The van der Waals surface area contributed by atoms with Crippen LogP contribution in [0.25, 0.3) is 22.5 Å². The molecule has 4 rings (SSSR count). The fourth-order valence-corrected chi connectivity index (χ4v) is 2.77. The second kappa shape index (κ2) is 6.96. The van der Waals surface area contributed by atoms with E-state index >= 15 is 0 Å². The minimum absolute atomic E-state index is 0.265. The van der Waals surface area contributed by atoms with Gasteiger partial charge in [-0.1, -0.05) is 60.7 Å². The van der Waals surface area contributed by atoms with Gasteiger partial charge in [-0.25, -0.2) is 4.99 Å². The number of nitriles is 1. The summed E-state index contributed by atoms with van der Waals surface area (Å²) in [5.74, 6) is 1.48. The van der Waals surface area contributed by atoms with Gasteiger partial charge in [-0.2, -0.15) is 5.26 Å². The Balaban J connectivity index is 1.92. The third-order valence-electron chi connectivity index (χ3n) is 3.95. The highest BCUT2D eigenvalue weighted by Gasteiger charge is 2.22. The van der Waals surface area contributed by atoms with Crippen LogP contribution in [-0.4, -0.2) is 6.21 Å². The predicted molar refractivity (Wildman–Crippen MR) is 100 cm³/mol. The van der Waals surface area contributed by atoms with Crippen LogP contribution in [0.1, 0.15) is 11.3 Å². The molecule has 0 aliphatic carbocycles. The van der Waals surface area contributed by atoms with Crippen LogP contribution in [0.15, 0.2) is 92.9 Å². The molecule has 2 aromatic heterocycles. The molecule has 4 heteroatoms. The van der Waals surface area contributed by atoms with E-state index in [2.05, 4.69) is 11.1 Å². The quantitative estimate of drug-likeness (QED) is 0.440. The van der Waals surface area contributed by atoms with Gasteiger partial charge >= 0.3 is 0 Å². The van der Waals surface area contributed by atoms with Crippen molar-refractivity contribution in [1.82, 2.24) is 0 Å². The maximum Gasteiger partial charge on any atom is 0.238 e. The molecule has 0 amide bonds. The smallest absolute Gasteiger partial charge is 0.238 e. The molecular weight excluding hydrogens is 324 g/mol. The van der Waals surface area contributed by atoms with E-state index < -0.39 is 0 Å². The Bertz CT molecular complexity index is 1070. The first-order valence-corrected chi connectivity index (χ1v) is 8.12. The minimum Gasteiger partial charge on any atom is -0.463 e. The monoisotopic (exact) mass is 338 g/mol. The van der Waals surface area contributed by atoms with Gasteiger partial charge in [0.15, 0.2) is 0 Å². The van der Waals surface area contributed by atoms with Crippen LogP contribution >= 0.6 is 0 Å². The van der Waals surface area contributed by atoms with Gasteiger partial charge in [0.05, 0.1) is 12.5 Å². The lowest BCUT2D eigenvalue weighted by molar-refractivity contribution is 0.559. The average molecular weight is 338 g/mol. The van der Waals surface area contributed by atoms with Gasteiger partial charge in [-0.3, -0.25) is 0 Å². The summed E-state index contributed by atoms with van der Waals surface area (Å²) >= 11 is 0. The molecule has 0 unspecified atom stereocenters. The van der Waals surface area contributed by atoms with Crippen molar-refractivity contribution < 1.29 is 8.83 Å². The molecule has 4 nitrogen and oxygen atoms in total. The minimum atomic E-state index is 0.265. The summed E-state index contributed by atoms with van der Waals surface area (Å²) in [6.07, 6.45) is 3.11. The van der Waals surface area contributed by atoms with Crippen molar-refractivity contribution >= 4 is 12.1 Å². The molecule has 0 saturated heterocycles. The van der Waals surface area contributed by atoms with Crippen LogP contribution in [0.3, 0.4) is 0 Å². The third-order valence-corrected chi connectivity index (χ3v) is 3.95. The van der Waals surface area contributed by atoms with E-state index in [9.17, 15) is 5.26 Å². The largest absolute Gasteiger partial charge is 0.463 e. The zero-order valence-corrected chi connectivity index (χ0v) is 13.8. The summed E-state index contributed by atoms with van der Waals surface area (Å²) in [5.41, 5.74) is 2.94. The maximum atomic E-state index is 9.77. The number of benzene rings is 2. The fraction of sp³-hybridized carbons (Fsp3) is 0. The Labute approximate surface area is 150 Å². The van der Waals surface area contributed by atoms with Crippen molar-refractivity contribution in [3.05, 3.63) is 90.4 Å². The van der Waals surface area contributed by atoms with Gasteiger partial charge in [0.1, 0.15) is 23.2 Å². The van der Waals surface area contributed by atoms with Crippen LogP contribution in [0, 0.1) is 11.3 Å². The number of hydrogen-bond acceptors (Lipinski definition) is 4. The number of aliphatic imine (C=N–C) groups is 1. The number of hydrogen-bond donors (Lipinski definition) is 0. The normalized spacial score (nSPS) is 10.9. The molecule has 26 heavy (non-hydrogen) atoms. The van der Waals surface area contributed by atoms with E-state index in [1.807, 2.05) is 60.7 Å². The highest BCUT2D eigenvalue weighted by Crippen LogP contribution is 2.42. The lowest BCUT2D eigenvalue weighted by Gasteiger charge is -2.03. The van der Waals surface area contributed by atoms with E-state index in [-0.39, 0.29) is 5.88 Å². The lowest BCUT2D eigenvalue weighted by Crippen LogP contribution is -1.83. The first-order chi connectivity index (χ1) is 12.9. The van der Waals surface area contributed by atoms with Gasteiger partial charge in [0.2, 0.25) is 5.88 Å². The number of rotatable bonds is 4. The summed E-state index contributed by atoms with van der Waals surface area (Å²) in [4.78, 5) is 4.34. The summed E-state index contributed by atoms with van der Waals surface area (Å²) in [5, 5.41) is 9.77. The molecule has 0 N–H and O–H groups in total. The third kappa shape index (κ3) is 2.94. The average Bonchev–Trinajstić information content (AvgIpc) is 3.35. The molecule has 0 bridgehead atoms. The first-order valence-electron chi connectivity index (χ1n) is 8.12. The molecule has 124 valence electrons. The molecule has 0 atom stereocenters. The van der Waals surface area contributed by atoms with Gasteiger partial charge in [-0.05, 0) is 17.7 Å².